The van der Waals surface area contributed by atoms with Crippen LogP contribution < -0.4 is 0 Å². The summed E-state index contributed by atoms with van der Waals surface area (Å²) in [5, 5.41) is 16.1. The molecule has 0 unspecified atom stereocenters. The molecule has 0 saturated carbocycles. The van der Waals surface area contributed by atoms with Gasteiger partial charge in [-0.25, -0.2) is 0 Å². The van der Waals surface area contributed by atoms with Gasteiger partial charge in [0.2, 0.25) is 0 Å². The molecule has 1 aliphatic rings. The van der Waals surface area contributed by atoms with Crippen LogP contribution in [-0.4, -0.2) is 64.4 Å². The molecule has 2 heterocycles. The summed E-state index contributed by atoms with van der Waals surface area (Å²) in [4.78, 5) is 4.73. The van der Waals surface area contributed by atoms with Gasteiger partial charge in [0.15, 0.2) is 0 Å². The third kappa shape index (κ3) is 3.52. The highest BCUT2D eigenvalue weighted by molar-refractivity contribution is 4.98. The molecule has 0 bridgehead atoms. The first kappa shape index (κ1) is 12.5. The Morgan fingerprint density at radius 3 is 2.88 bits per heavy atom. The number of nitrogens with zero attached hydrogens (tertiary/aromatic N) is 3. The van der Waals surface area contributed by atoms with Gasteiger partial charge in [0, 0.05) is 31.0 Å². The van der Waals surface area contributed by atoms with Crippen molar-refractivity contribution in [3.05, 3.63) is 18.0 Å². The maximum Gasteiger partial charge on any atom is 0.0558 e. The average molecular weight is 238 g/mol. The number of aromatic nitrogens is 2. The minimum atomic E-state index is 0.223. The topological polar surface area (TPSA) is 55.4 Å². The van der Waals surface area contributed by atoms with Crippen LogP contribution in [-0.2, 0) is 6.54 Å². The van der Waals surface area contributed by atoms with Gasteiger partial charge < -0.3 is 10.0 Å². The van der Waals surface area contributed by atoms with Gasteiger partial charge >= 0.3 is 0 Å². The number of likely N-dealkylation sites (tertiary alicyclic amines) is 1. The largest absolute Gasteiger partial charge is 0.395 e. The van der Waals surface area contributed by atoms with E-state index in [1.807, 2.05) is 6.07 Å². The second kappa shape index (κ2) is 6.14. The summed E-state index contributed by atoms with van der Waals surface area (Å²) in [7, 11) is 2.17. The third-order valence-electron chi connectivity index (χ3n) is 3.52. The monoisotopic (exact) mass is 238 g/mol. The summed E-state index contributed by atoms with van der Waals surface area (Å²) < 4.78 is 0. The molecule has 17 heavy (non-hydrogen) atoms. The fraction of sp³-hybridized carbons (Fsp3) is 0.750. The molecule has 0 aliphatic carbocycles. The van der Waals surface area contributed by atoms with Gasteiger partial charge in [0.25, 0.3) is 0 Å². The summed E-state index contributed by atoms with van der Waals surface area (Å²) in [6.45, 7) is 4.12. The van der Waals surface area contributed by atoms with Crippen LogP contribution in [0.1, 0.15) is 18.5 Å². The van der Waals surface area contributed by atoms with E-state index in [0.717, 1.165) is 31.9 Å². The molecule has 0 spiro atoms. The molecule has 5 heteroatoms. The molecular formula is C12H22N4O. The van der Waals surface area contributed by atoms with Crippen molar-refractivity contribution in [2.75, 3.05) is 33.3 Å². The molecule has 1 aliphatic heterocycles. The first-order chi connectivity index (χ1) is 8.29. The molecular weight excluding hydrogens is 216 g/mol. The summed E-state index contributed by atoms with van der Waals surface area (Å²) in [6, 6.07) is 2.58. The molecule has 0 radical (unpaired) electrons. The highest BCUT2D eigenvalue weighted by Crippen LogP contribution is 2.17. The van der Waals surface area contributed by atoms with Crippen molar-refractivity contribution in [2.45, 2.75) is 25.4 Å². The average Bonchev–Trinajstić information content (AvgIpc) is 2.82. The van der Waals surface area contributed by atoms with Crippen molar-refractivity contribution in [3.63, 3.8) is 0 Å². The standard InChI is InChI=1S/C12H22N4O/c1-15-6-3-12(4-7-15)16(8-9-17)10-11-2-5-13-14-11/h2,5,12,17H,3-4,6-10H2,1H3,(H,13,14). The smallest absolute Gasteiger partial charge is 0.0558 e. The lowest BCUT2D eigenvalue weighted by Gasteiger charge is -2.36. The fourth-order valence-corrected chi connectivity index (χ4v) is 2.47. The number of aliphatic hydroxyl groups excluding tert-OH is 1. The lowest BCUT2D eigenvalue weighted by atomic mass is 10.0. The van der Waals surface area contributed by atoms with E-state index in [2.05, 4.69) is 27.0 Å². The van der Waals surface area contributed by atoms with Crippen LogP contribution in [0, 0.1) is 0 Å². The van der Waals surface area contributed by atoms with E-state index in [1.54, 1.807) is 6.20 Å². The minimum Gasteiger partial charge on any atom is -0.395 e. The van der Waals surface area contributed by atoms with Gasteiger partial charge in [-0.15, -0.1) is 0 Å². The number of piperidine rings is 1. The quantitative estimate of drug-likeness (QED) is 0.774. The molecule has 2 N–H and O–H groups in total. The number of aliphatic hydroxyl groups is 1. The molecule has 0 aromatic carbocycles. The second-order valence-electron chi connectivity index (χ2n) is 4.81. The first-order valence-electron chi connectivity index (χ1n) is 6.31. The minimum absolute atomic E-state index is 0.223. The Kier molecular flexibility index (Phi) is 4.53. The van der Waals surface area contributed by atoms with Gasteiger partial charge in [0.05, 0.1) is 6.61 Å². The fourth-order valence-electron chi connectivity index (χ4n) is 2.47. The van der Waals surface area contributed by atoms with Crippen LogP contribution >= 0.6 is 0 Å². The second-order valence-corrected chi connectivity index (χ2v) is 4.81. The molecule has 96 valence electrons. The van der Waals surface area contributed by atoms with Crippen LogP contribution in [0.25, 0.3) is 0 Å². The molecule has 1 aromatic rings. The van der Waals surface area contributed by atoms with E-state index < -0.39 is 0 Å². The van der Waals surface area contributed by atoms with E-state index in [-0.39, 0.29) is 6.61 Å². The number of rotatable bonds is 5. The summed E-state index contributed by atoms with van der Waals surface area (Å²) in [5.41, 5.74) is 1.12. The lowest BCUT2D eigenvalue weighted by Crippen LogP contribution is -2.44. The number of H-pyrrole nitrogens is 1. The summed E-state index contributed by atoms with van der Waals surface area (Å²) >= 11 is 0. The number of hydrogen-bond donors (Lipinski definition) is 2. The van der Waals surface area contributed by atoms with E-state index in [0.29, 0.717) is 6.04 Å². The maximum atomic E-state index is 9.17. The number of aromatic amines is 1. The third-order valence-corrected chi connectivity index (χ3v) is 3.52. The Morgan fingerprint density at radius 2 is 2.29 bits per heavy atom. The van der Waals surface area contributed by atoms with Crippen LogP contribution in [0.2, 0.25) is 0 Å². The van der Waals surface area contributed by atoms with E-state index in [9.17, 15) is 5.11 Å². The Balaban J connectivity index is 1.92. The molecule has 0 amide bonds. The van der Waals surface area contributed by atoms with Crippen molar-refractivity contribution in [3.8, 4) is 0 Å². The predicted octanol–water partition coefficient (Wildman–Crippen LogP) is 0.298. The van der Waals surface area contributed by atoms with E-state index >= 15 is 0 Å². The zero-order valence-electron chi connectivity index (χ0n) is 10.5. The predicted molar refractivity (Wildman–Crippen MR) is 66.6 cm³/mol. The Bertz CT molecular complexity index is 306. The van der Waals surface area contributed by atoms with Gasteiger partial charge in [-0.3, -0.25) is 10.00 Å². The highest BCUT2D eigenvalue weighted by Gasteiger charge is 2.23. The van der Waals surface area contributed by atoms with Crippen molar-refractivity contribution in [1.29, 1.82) is 0 Å². The highest BCUT2D eigenvalue weighted by atomic mass is 16.3. The van der Waals surface area contributed by atoms with E-state index in [1.165, 1.54) is 12.8 Å². The van der Waals surface area contributed by atoms with Crippen LogP contribution in [0.4, 0.5) is 0 Å². The molecule has 1 fully saturated rings. The zero-order chi connectivity index (χ0) is 12.1. The first-order valence-corrected chi connectivity index (χ1v) is 6.31. The molecule has 5 nitrogen and oxygen atoms in total. The van der Waals surface area contributed by atoms with Crippen molar-refractivity contribution >= 4 is 0 Å². The zero-order valence-corrected chi connectivity index (χ0v) is 10.5. The number of hydrogen-bond acceptors (Lipinski definition) is 4. The Labute approximate surface area is 102 Å². The SMILES string of the molecule is CN1CCC(N(CCO)Cc2ccn[nH]2)CC1. The Hall–Kier alpha value is -0.910. The molecule has 1 aromatic heterocycles. The van der Waals surface area contributed by atoms with Crippen molar-refractivity contribution in [1.82, 2.24) is 20.0 Å². The number of nitrogens with one attached hydrogen (secondary N) is 1. The van der Waals surface area contributed by atoms with Crippen LogP contribution in [0.3, 0.4) is 0 Å². The van der Waals surface area contributed by atoms with E-state index in [4.69, 9.17) is 0 Å². The van der Waals surface area contributed by atoms with Gasteiger partial charge in [-0.1, -0.05) is 0 Å². The molecule has 0 atom stereocenters. The Morgan fingerprint density at radius 1 is 1.53 bits per heavy atom. The van der Waals surface area contributed by atoms with Gasteiger partial charge in [0.1, 0.15) is 0 Å². The van der Waals surface area contributed by atoms with Crippen molar-refractivity contribution < 1.29 is 5.11 Å². The van der Waals surface area contributed by atoms with Crippen LogP contribution in [0.5, 0.6) is 0 Å². The normalized spacial score (nSPS) is 19.0. The van der Waals surface area contributed by atoms with Gasteiger partial charge in [-0.05, 0) is 39.0 Å². The van der Waals surface area contributed by atoms with Crippen LogP contribution in [0.15, 0.2) is 12.3 Å². The summed E-state index contributed by atoms with van der Waals surface area (Å²) in [5.74, 6) is 0. The molecule has 2 rings (SSSR count). The maximum absolute atomic E-state index is 9.17. The van der Waals surface area contributed by atoms with Gasteiger partial charge in [-0.2, -0.15) is 5.10 Å². The van der Waals surface area contributed by atoms with Crippen molar-refractivity contribution in [2.24, 2.45) is 0 Å². The molecule has 1 saturated heterocycles. The lowest BCUT2D eigenvalue weighted by molar-refractivity contribution is 0.0931. The summed E-state index contributed by atoms with van der Waals surface area (Å²) in [6.07, 6.45) is 4.15.